The molecule has 0 saturated carbocycles. The molecule has 104 valence electrons. The molecule has 0 radical (unpaired) electrons. The van der Waals surface area contributed by atoms with Crippen molar-refractivity contribution in [3.05, 3.63) is 15.4 Å². The molecule has 0 amide bonds. The number of alkyl halides is 1. The molecule has 0 aliphatic carbocycles. The molecule has 0 spiro atoms. The van der Waals surface area contributed by atoms with Gasteiger partial charge in [-0.3, -0.25) is 0 Å². The van der Waals surface area contributed by atoms with Crippen molar-refractivity contribution < 1.29 is 8.42 Å². The van der Waals surface area contributed by atoms with Gasteiger partial charge in [0.05, 0.1) is 3.79 Å². The maximum atomic E-state index is 12.5. The van der Waals surface area contributed by atoms with Crippen molar-refractivity contribution in [3.63, 3.8) is 0 Å². The summed E-state index contributed by atoms with van der Waals surface area (Å²) in [6.45, 7) is 6.25. The average molecular weight is 419 g/mol. The summed E-state index contributed by atoms with van der Waals surface area (Å²) in [7, 11) is -3.37. The predicted molar refractivity (Wildman–Crippen MR) is 84.2 cm³/mol. The number of hydrogen-bond donors (Lipinski definition) is 0. The Morgan fingerprint density at radius 3 is 2.44 bits per heavy atom. The minimum Gasteiger partial charge on any atom is -0.206 e. The molecular formula is C11H17Br2NO2S2. The number of rotatable bonds is 6. The van der Waals surface area contributed by atoms with E-state index in [1.54, 1.807) is 10.4 Å². The van der Waals surface area contributed by atoms with Crippen LogP contribution in [0.5, 0.6) is 0 Å². The molecule has 0 unspecified atom stereocenters. The van der Waals surface area contributed by atoms with Crippen LogP contribution in [0.25, 0.3) is 0 Å². The third-order valence-corrected chi connectivity index (χ3v) is 7.71. The van der Waals surface area contributed by atoms with Crippen LogP contribution in [0.3, 0.4) is 0 Å². The quantitative estimate of drug-likeness (QED) is 0.654. The molecule has 0 aliphatic rings. The van der Waals surface area contributed by atoms with Gasteiger partial charge in [-0.2, -0.15) is 4.31 Å². The molecule has 1 rings (SSSR count). The molecule has 7 heteroatoms. The third kappa shape index (κ3) is 3.79. The first-order valence-corrected chi connectivity index (χ1v) is 9.81. The minimum atomic E-state index is -3.37. The molecular weight excluding hydrogens is 402 g/mol. The van der Waals surface area contributed by atoms with Crippen LogP contribution >= 0.6 is 43.2 Å². The van der Waals surface area contributed by atoms with Crippen LogP contribution in [0.4, 0.5) is 0 Å². The van der Waals surface area contributed by atoms with E-state index in [-0.39, 0.29) is 6.04 Å². The first kappa shape index (κ1) is 16.6. The molecule has 0 saturated heterocycles. The summed E-state index contributed by atoms with van der Waals surface area (Å²) in [6, 6.07) is 1.70. The summed E-state index contributed by atoms with van der Waals surface area (Å²) in [6.07, 6.45) is 0.808. The largest absolute Gasteiger partial charge is 0.252 e. The van der Waals surface area contributed by atoms with Gasteiger partial charge in [0, 0.05) is 17.9 Å². The van der Waals surface area contributed by atoms with Crippen molar-refractivity contribution in [3.8, 4) is 0 Å². The van der Waals surface area contributed by atoms with Crippen molar-refractivity contribution in [1.29, 1.82) is 0 Å². The Hall–Kier alpha value is 0.570. The second-order valence-corrected chi connectivity index (χ2v) is 9.55. The highest BCUT2D eigenvalue weighted by molar-refractivity contribution is 9.11. The topological polar surface area (TPSA) is 37.4 Å². The number of hydrogen-bond acceptors (Lipinski definition) is 3. The molecule has 0 fully saturated rings. The molecule has 0 atom stereocenters. The van der Waals surface area contributed by atoms with Crippen LogP contribution in [0.2, 0.25) is 0 Å². The SMILES string of the molecule is Cc1cc(S(=O)(=O)N(CCCBr)C(C)C)sc1Br. The Balaban J connectivity index is 3.08. The Kier molecular flexibility index (Phi) is 6.31. The monoisotopic (exact) mass is 417 g/mol. The third-order valence-electron chi connectivity index (χ3n) is 2.49. The highest BCUT2D eigenvalue weighted by Crippen LogP contribution is 2.32. The van der Waals surface area contributed by atoms with Gasteiger partial charge in [-0.25, -0.2) is 8.42 Å². The van der Waals surface area contributed by atoms with E-state index in [0.717, 1.165) is 21.1 Å². The summed E-state index contributed by atoms with van der Waals surface area (Å²) in [5.74, 6) is 0. The van der Waals surface area contributed by atoms with Crippen molar-refractivity contribution in [2.45, 2.75) is 37.4 Å². The summed E-state index contributed by atoms with van der Waals surface area (Å²) < 4.78 is 27.9. The zero-order chi connectivity index (χ0) is 13.9. The molecule has 0 bridgehead atoms. The van der Waals surface area contributed by atoms with Crippen molar-refractivity contribution in [2.24, 2.45) is 0 Å². The molecule has 0 N–H and O–H groups in total. The predicted octanol–water partition coefficient (Wildman–Crippen LogP) is 4.00. The maximum absolute atomic E-state index is 12.5. The highest BCUT2D eigenvalue weighted by atomic mass is 79.9. The smallest absolute Gasteiger partial charge is 0.206 e. The fourth-order valence-corrected chi connectivity index (χ4v) is 5.83. The van der Waals surface area contributed by atoms with E-state index >= 15 is 0 Å². The number of halogens is 2. The van der Waals surface area contributed by atoms with Gasteiger partial charge < -0.3 is 0 Å². The fourth-order valence-electron chi connectivity index (χ4n) is 1.55. The van der Waals surface area contributed by atoms with Crippen LogP contribution in [-0.4, -0.2) is 30.6 Å². The molecule has 1 heterocycles. The molecule has 1 aromatic rings. The van der Waals surface area contributed by atoms with Gasteiger partial charge >= 0.3 is 0 Å². The van der Waals surface area contributed by atoms with Crippen molar-refractivity contribution in [2.75, 3.05) is 11.9 Å². The summed E-state index contributed by atoms with van der Waals surface area (Å²) in [5, 5.41) is 0.804. The lowest BCUT2D eigenvalue weighted by molar-refractivity contribution is 0.356. The second kappa shape index (κ2) is 6.83. The second-order valence-electron chi connectivity index (χ2n) is 4.27. The normalized spacial score (nSPS) is 12.6. The number of aryl methyl sites for hydroxylation is 1. The Morgan fingerprint density at radius 2 is 2.06 bits per heavy atom. The zero-order valence-corrected chi connectivity index (χ0v) is 15.4. The summed E-state index contributed by atoms with van der Waals surface area (Å²) in [4.78, 5) is 0. The van der Waals surface area contributed by atoms with E-state index in [1.807, 2.05) is 20.8 Å². The first-order valence-electron chi connectivity index (χ1n) is 5.64. The van der Waals surface area contributed by atoms with Gasteiger partial charge in [-0.05, 0) is 54.8 Å². The highest BCUT2D eigenvalue weighted by Gasteiger charge is 2.28. The Bertz CT molecular complexity index is 478. The number of nitrogens with zero attached hydrogens (tertiary/aromatic N) is 1. The van der Waals surface area contributed by atoms with Crippen molar-refractivity contribution >= 4 is 53.2 Å². The number of sulfonamides is 1. The van der Waals surface area contributed by atoms with Gasteiger partial charge in [-0.15, -0.1) is 11.3 Å². The minimum absolute atomic E-state index is 0.0322. The van der Waals surface area contributed by atoms with Crippen LogP contribution in [0, 0.1) is 6.92 Å². The summed E-state index contributed by atoms with van der Waals surface area (Å²) in [5.41, 5.74) is 0.961. The van der Waals surface area contributed by atoms with E-state index < -0.39 is 10.0 Å². The molecule has 0 aromatic carbocycles. The van der Waals surface area contributed by atoms with Gasteiger partial charge in [0.15, 0.2) is 0 Å². The van der Waals surface area contributed by atoms with E-state index in [1.165, 1.54) is 11.3 Å². The molecule has 0 aliphatic heterocycles. The zero-order valence-electron chi connectivity index (χ0n) is 10.6. The lowest BCUT2D eigenvalue weighted by Gasteiger charge is -2.24. The lowest BCUT2D eigenvalue weighted by atomic mass is 10.4. The molecule has 3 nitrogen and oxygen atoms in total. The number of thiophene rings is 1. The average Bonchev–Trinajstić information content (AvgIpc) is 2.59. The van der Waals surface area contributed by atoms with Gasteiger partial charge in [0.1, 0.15) is 4.21 Å². The van der Waals surface area contributed by atoms with Crippen LogP contribution in [0.1, 0.15) is 25.8 Å². The van der Waals surface area contributed by atoms with Crippen LogP contribution in [0.15, 0.2) is 14.1 Å². The fraction of sp³-hybridized carbons (Fsp3) is 0.636. The Morgan fingerprint density at radius 1 is 1.44 bits per heavy atom. The van der Waals surface area contributed by atoms with Crippen molar-refractivity contribution in [1.82, 2.24) is 4.31 Å². The maximum Gasteiger partial charge on any atom is 0.252 e. The van der Waals surface area contributed by atoms with Crippen LogP contribution < -0.4 is 0 Å². The van der Waals surface area contributed by atoms with Gasteiger partial charge in [0.25, 0.3) is 10.0 Å². The van der Waals surface area contributed by atoms with E-state index in [4.69, 9.17) is 0 Å². The Labute approximate surface area is 130 Å². The lowest BCUT2D eigenvalue weighted by Crippen LogP contribution is -2.37. The van der Waals surface area contributed by atoms with E-state index in [2.05, 4.69) is 31.9 Å². The molecule has 1 aromatic heterocycles. The standard InChI is InChI=1S/C11H17Br2NO2S2/c1-8(2)14(6-4-5-12)18(15,16)10-7-9(3)11(13)17-10/h7-8H,4-6H2,1-3H3. The van der Waals surface area contributed by atoms with Gasteiger partial charge in [0.2, 0.25) is 0 Å². The van der Waals surface area contributed by atoms with Gasteiger partial charge in [-0.1, -0.05) is 15.9 Å². The molecule has 18 heavy (non-hydrogen) atoms. The first-order chi connectivity index (χ1) is 8.30. The van der Waals surface area contributed by atoms with E-state index in [9.17, 15) is 8.42 Å². The summed E-state index contributed by atoms with van der Waals surface area (Å²) >= 11 is 7.99. The van der Waals surface area contributed by atoms with Crippen LogP contribution in [-0.2, 0) is 10.0 Å². The van der Waals surface area contributed by atoms with E-state index in [0.29, 0.717) is 10.8 Å².